The van der Waals surface area contributed by atoms with Gasteiger partial charge in [0, 0.05) is 0 Å². The van der Waals surface area contributed by atoms with E-state index in [9.17, 15) is 0 Å². The van der Waals surface area contributed by atoms with Crippen LogP contribution in [0.15, 0.2) is 12.2 Å². The normalized spacial score (nSPS) is 14.9. The summed E-state index contributed by atoms with van der Waals surface area (Å²) in [6.45, 7) is 4.19. The molecule has 0 saturated carbocycles. The Balaban J connectivity index is 3.21. The lowest BCUT2D eigenvalue weighted by molar-refractivity contribution is 0.959. The Kier molecular flexibility index (Phi) is 5.19. The molecule has 0 heterocycles. The Morgan fingerprint density at radius 3 is 2.50 bits per heavy atom. The maximum Gasteiger partial charge on any atom is 0.0513 e. The van der Waals surface area contributed by atoms with E-state index in [0.29, 0.717) is 0 Å². The van der Waals surface area contributed by atoms with E-state index in [0.717, 1.165) is 12.8 Å². The van der Waals surface area contributed by atoms with Gasteiger partial charge in [-0.15, -0.1) is 11.6 Å². The summed E-state index contributed by atoms with van der Waals surface area (Å²) in [5, 5.41) is 0.245. The first-order chi connectivity index (χ1) is 3.81. The quantitative estimate of drug-likeness (QED) is 0.409. The molecule has 0 N–H and O–H groups in total. The minimum atomic E-state index is 0.245. The average molecular weight is 133 g/mol. The minimum absolute atomic E-state index is 0.245. The molecule has 0 fully saturated rings. The molecule has 0 aliphatic carbocycles. The molecule has 48 valence electrons. The molecule has 0 bridgehead atoms. The van der Waals surface area contributed by atoms with Crippen LogP contribution in [-0.2, 0) is 0 Å². The zero-order chi connectivity index (χ0) is 6.41. The Hall–Kier alpha value is 0.0300. The fourth-order valence-electron chi connectivity index (χ4n) is 0.420. The third-order valence-corrected chi connectivity index (χ3v) is 1.42. The summed E-state index contributed by atoms with van der Waals surface area (Å²) in [6, 6.07) is 0. The first-order valence-electron chi connectivity index (χ1n) is 3.12. The highest BCUT2D eigenvalue weighted by molar-refractivity contribution is 6.21. The van der Waals surface area contributed by atoms with Crippen molar-refractivity contribution in [2.45, 2.75) is 32.1 Å². The Labute approximate surface area is 56.5 Å². The van der Waals surface area contributed by atoms with Gasteiger partial charge in [-0.05, 0) is 12.8 Å². The zero-order valence-electron chi connectivity index (χ0n) is 5.52. The maximum atomic E-state index is 5.76. The summed E-state index contributed by atoms with van der Waals surface area (Å²) in [4.78, 5) is 0. The van der Waals surface area contributed by atoms with E-state index in [2.05, 4.69) is 19.9 Å². The molecule has 1 heteroatoms. The topological polar surface area (TPSA) is 0 Å². The highest BCUT2D eigenvalue weighted by Gasteiger charge is 1.90. The lowest BCUT2D eigenvalue weighted by Crippen LogP contribution is -1.86. The van der Waals surface area contributed by atoms with Crippen molar-refractivity contribution in [1.29, 1.82) is 0 Å². The summed E-state index contributed by atoms with van der Waals surface area (Å²) >= 11 is 5.76. The van der Waals surface area contributed by atoms with Crippen molar-refractivity contribution in [2.24, 2.45) is 0 Å². The van der Waals surface area contributed by atoms with Crippen LogP contribution in [0, 0.1) is 0 Å². The zero-order valence-corrected chi connectivity index (χ0v) is 6.28. The molecule has 0 radical (unpaired) electrons. The van der Waals surface area contributed by atoms with Gasteiger partial charge in [0.1, 0.15) is 0 Å². The number of hydrogen-bond acceptors (Lipinski definition) is 0. The molecule has 0 spiro atoms. The third kappa shape index (κ3) is 4.20. The largest absolute Gasteiger partial charge is 0.118 e. The SMILES string of the molecule is CC/C=C\C(Cl)CC. The van der Waals surface area contributed by atoms with Crippen molar-refractivity contribution in [3.63, 3.8) is 0 Å². The predicted molar refractivity (Wildman–Crippen MR) is 39.4 cm³/mol. The highest BCUT2D eigenvalue weighted by Crippen LogP contribution is 2.02. The monoisotopic (exact) mass is 132 g/mol. The molecule has 0 aromatic heterocycles. The molecule has 8 heavy (non-hydrogen) atoms. The highest BCUT2D eigenvalue weighted by atomic mass is 35.5. The smallest absolute Gasteiger partial charge is 0.0513 e. The van der Waals surface area contributed by atoms with Gasteiger partial charge in [-0.25, -0.2) is 0 Å². The van der Waals surface area contributed by atoms with Crippen LogP contribution < -0.4 is 0 Å². The van der Waals surface area contributed by atoms with Crippen LogP contribution in [0.3, 0.4) is 0 Å². The number of rotatable bonds is 3. The van der Waals surface area contributed by atoms with Crippen LogP contribution in [0.4, 0.5) is 0 Å². The molecular formula is C7H13Cl. The number of hydrogen-bond donors (Lipinski definition) is 0. The van der Waals surface area contributed by atoms with Gasteiger partial charge in [0.15, 0.2) is 0 Å². The van der Waals surface area contributed by atoms with Crippen molar-refractivity contribution < 1.29 is 0 Å². The second-order valence-electron chi connectivity index (χ2n) is 1.76. The average Bonchev–Trinajstić information content (AvgIpc) is 1.83. The van der Waals surface area contributed by atoms with E-state index in [1.54, 1.807) is 0 Å². The summed E-state index contributed by atoms with van der Waals surface area (Å²) in [5.41, 5.74) is 0. The molecule has 0 aliphatic rings. The van der Waals surface area contributed by atoms with Gasteiger partial charge in [0.25, 0.3) is 0 Å². The lowest BCUT2D eigenvalue weighted by atomic mass is 10.3. The standard InChI is InChI=1S/C7H13Cl/c1-3-5-6-7(8)4-2/h5-7H,3-4H2,1-2H3/b6-5-. The van der Waals surface area contributed by atoms with E-state index in [-0.39, 0.29) is 5.38 Å². The second kappa shape index (κ2) is 5.17. The van der Waals surface area contributed by atoms with Crippen molar-refractivity contribution in [2.75, 3.05) is 0 Å². The van der Waals surface area contributed by atoms with Gasteiger partial charge in [-0.1, -0.05) is 26.0 Å². The summed E-state index contributed by atoms with van der Waals surface area (Å²) in [7, 11) is 0. The van der Waals surface area contributed by atoms with Crippen LogP contribution >= 0.6 is 11.6 Å². The molecular weight excluding hydrogens is 120 g/mol. The first-order valence-corrected chi connectivity index (χ1v) is 3.55. The molecule has 0 nitrogen and oxygen atoms in total. The minimum Gasteiger partial charge on any atom is -0.118 e. The van der Waals surface area contributed by atoms with Crippen molar-refractivity contribution in [3.8, 4) is 0 Å². The second-order valence-corrected chi connectivity index (χ2v) is 2.32. The first kappa shape index (κ1) is 8.03. The number of halogens is 1. The van der Waals surface area contributed by atoms with E-state index < -0.39 is 0 Å². The van der Waals surface area contributed by atoms with Crippen LogP contribution in [0.1, 0.15) is 26.7 Å². The van der Waals surface area contributed by atoms with Crippen LogP contribution in [-0.4, -0.2) is 5.38 Å². The number of alkyl halides is 1. The fraction of sp³-hybridized carbons (Fsp3) is 0.714. The van der Waals surface area contributed by atoms with Crippen LogP contribution in [0.2, 0.25) is 0 Å². The Morgan fingerprint density at radius 2 is 2.12 bits per heavy atom. The van der Waals surface area contributed by atoms with E-state index in [1.165, 1.54) is 0 Å². The lowest BCUT2D eigenvalue weighted by Gasteiger charge is -1.94. The Bertz CT molecular complexity index is 66.8. The maximum absolute atomic E-state index is 5.76. The molecule has 0 aliphatic heterocycles. The summed E-state index contributed by atoms with van der Waals surface area (Å²) in [5.74, 6) is 0. The molecule has 0 aromatic carbocycles. The molecule has 0 amide bonds. The van der Waals surface area contributed by atoms with E-state index >= 15 is 0 Å². The van der Waals surface area contributed by atoms with E-state index in [4.69, 9.17) is 11.6 Å². The number of allylic oxidation sites excluding steroid dienone is 2. The van der Waals surface area contributed by atoms with Crippen LogP contribution in [0.25, 0.3) is 0 Å². The van der Waals surface area contributed by atoms with Gasteiger partial charge < -0.3 is 0 Å². The fourth-order valence-corrected chi connectivity index (χ4v) is 0.523. The van der Waals surface area contributed by atoms with Crippen LogP contribution in [0.5, 0.6) is 0 Å². The van der Waals surface area contributed by atoms with E-state index in [1.807, 2.05) is 6.08 Å². The summed E-state index contributed by atoms with van der Waals surface area (Å²) in [6.07, 6.45) is 6.25. The molecule has 0 saturated heterocycles. The molecule has 1 unspecified atom stereocenters. The van der Waals surface area contributed by atoms with Gasteiger partial charge in [0.2, 0.25) is 0 Å². The van der Waals surface area contributed by atoms with Crippen molar-refractivity contribution in [3.05, 3.63) is 12.2 Å². The molecule has 0 aromatic rings. The predicted octanol–water partition coefficient (Wildman–Crippen LogP) is 2.97. The molecule has 0 rings (SSSR count). The van der Waals surface area contributed by atoms with Gasteiger partial charge in [-0.3, -0.25) is 0 Å². The summed E-state index contributed by atoms with van der Waals surface area (Å²) < 4.78 is 0. The van der Waals surface area contributed by atoms with Crippen molar-refractivity contribution in [1.82, 2.24) is 0 Å². The van der Waals surface area contributed by atoms with Gasteiger partial charge >= 0.3 is 0 Å². The Morgan fingerprint density at radius 1 is 1.50 bits per heavy atom. The third-order valence-electron chi connectivity index (χ3n) is 0.971. The van der Waals surface area contributed by atoms with Crippen molar-refractivity contribution >= 4 is 11.6 Å². The molecule has 1 atom stereocenters. The van der Waals surface area contributed by atoms with Gasteiger partial charge in [0.05, 0.1) is 5.38 Å². The van der Waals surface area contributed by atoms with Gasteiger partial charge in [-0.2, -0.15) is 0 Å².